The highest BCUT2D eigenvalue weighted by Gasteiger charge is 2.20. The summed E-state index contributed by atoms with van der Waals surface area (Å²) in [5.41, 5.74) is 7.12. The van der Waals surface area contributed by atoms with E-state index in [0.29, 0.717) is 31.3 Å². The van der Waals surface area contributed by atoms with Gasteiger partial charge in [-0.3, -0.25) is 4.79 Å². The van der Waals surface area contributed by atoms with Gasteiger partial charge < -0.3 is 19.4 Å². The second kappa shape index (κ2) is 20.7. The molecule has 0 saturated carbocycles. The summed E-state index contributed by atoms with van der Waals surface area (Å²) in [5.74, 6) is 0.902. The molecule has 0 amide bonds. The van der Waals surface area contributed by atoms with Crippen molar-refractivity contribution in [2.24, 2.45) is 0 Å². The average Bonchev–Trinajstić information content (AvgIpc) is 2.97. The summed E-state index contributed by atoms with van der Waals surface area (Å²) in [5, 5.41) is 4.47. The molecular weight excluding hydrogens is 544 g/mol. The van der Waals surface area contributed by atoms with Crippen molar-refractivity contribution in [2.75, 3.05) is 25.1 Å². The molecule has 5 nitrogen and oxygen atoms in total. The van der Waals surface area contributed by atoms with Crippen LogP contribution < -0.4 is 20.3 Å². The molecular formula is C39H60N2O3. The number of aromatic nitrogens is 1. The average molecular weight is 605 g/mol. The zero-order valence-electron chi connectivity index (χ0n) is 29.1. The number of ether oxygens (including phenoxy) is 2. The van der Waals surface area contributed by atoms with E-state index in [4.69, 9.17) is 9.47 Å². The van der Waals surface area contributed by atoms with Crippen molar-refractivity contribution < 1.29 is 9.47 Å². The topological polar surface area (TPSA) is 52.5 Å². The zero-order chi connectivity index (χ0) is 32.3. The quantitative estimate of drug-likeness (QED) is 0.114. The number of nitrogens with one attached hydrogen (secondary N) is 1. The molecule has 2 aromatic rings. The van der Waals surface area contributed by atoms with Crippen LogP contribution in [0.15, 0.2) is 69.6 Å². The standard InChI is InChI=1S/C39H60N2O3/c1-9-11-13-14-27-43-38-37(44-28-24-33(8)20-16-18-31(5)6)35-22-21-34(29-36(35)41(39(38)42)26-12-10-2)40-25-23-32(7)19-15-17-30(3)4/h17-18,21-24,29,40H,9-16,19-20,25-28H2,1-8H3. The van der Waals surface area contributed by atoms with Crippen LogP contribution >= 0.6 is 0 Å². The van der Waals surface area contributed by atoms with Crippen LogP contribution in [0.25, 0.3) is 10.9 Å². The lowest BCUT2D eigenvalue weighted by molar-refractivity contribution is 0.272. The van der Waals surface area contributed by atoms with Gasteiger partial charge in [-0.2, -0.15) is 0 Å². The van der Waals surface area contributed by atoms with E-state index in [0.717, 1.165) is 80.9 Å². The zero-order valence-corrected chi connectivity index (χ0v) is 29.1. The summed E-state index contributed by atoms with van der Waals surface area (Å²) in [6, 6.07) is 6.26. The second-order valence-electron chi connectivity index (χ2n) is 12.5. The van der Waals surface area contributed by atoms with Gasteiger partial charge in [-0.05, 0) is 104 Å². The van der Waals surface area contributed by atoms with Crippen molar-refractivity contribution in [2.45, 2.75) is 126 Å². The van der Waals surface area contributed by atoms with Crippen LogP contribution in [-0.2, 0) is 6.54 Å². The van der Waals surface area contributed by atoms with Gasteiger partial charge in [-0.15, -0.1) is 0 Å². The molecule has 2 rings (SSSR count). The number of benzene rings is 1. The van der Waals surface area contributed by atoms with Crippen molar-refractivity contribution in [3.05, 3.63) is 75.1 Å². The van der Waals surface area contributed by atoms with Crippen LogP contribution in [0, 0.1) is 0 Å². The highest BCUT2D eigenvalue weighted by molar-refractivity contribution is 5.90. The Balaban J connectivity index is 2.42. The van der Waals surface area contributed by atoms with E-state index < -0.39 is 0 Å². The maximum absolute atomic E-state index is 14.0. The first-order valence-corrected chi connectivity index (χ1v) is 17.0. The maximum Gasteiger partial charge on any atom is 0.297 e. The Morgan fingerprint density at radius 1 is 0.773 bits per heavy atom. The number of allylic oxidation sites excluding steroid dienone is 6. The van der Waals surface area contributed by atoms with Crippen molar-refractivity contribution in [1.82, 2.24) is 4.57 Å². The predicted molar refractivity (Wildman–Crippen MR) is 192 cm³/mol. The number of hydrogen-bond donors (Lipinski definition) is 1. The Morgan fingerprint density at radius 3 is 2.07 bits per heavy atom. The van der Waals surface area contributed by atoms with Crippen molar-refractivity contribution in [3.8, 4) is 11.5 Å². The van der Waals surface area contributed by atoms with Gasteiger partial charge in [0.05, 0.1) is 12.1 Å². The van der Waals surface area contributed by atoms with Gasteiger partial charge in [0.15, 0.2) is 5.75 Å². The SMILES string of the molecule is CCCCCCOc1c(OCC=C(C)CCC=C(C)C)c2ccc(NCC=C(C)CCC=C(C)C)cc2n(CCCC)c1=O. The number of aryl methyl sites for hydroxylation is 1. The number of fused-ring (bicyclic) bond motifs is 1. The molecule has 1 aromatic carbocycles. The Hall–Kier alpha value is -3.21. The van der Waals surface area contributed by atoms with Crippen LogP contribution in [0.2, 0.25) is 0 Å². The van der Waals surface area contributed by atoms with E-state index in [1.165, 1.54) is 28.7 Å². The first-order valence-electron chi connectivity index (χ1n) is 17.0. The van der Waals surface area contributed by atoms with Gasteiger partial charge in [-0.25, -0.2) is 0 Å². The molecule has 0 aliphatic rings. The molecule has 1 aromatic heterocycles. The normalized spacial score (nSPS) is 11.9. The van der Waals surface area contributed by atoms with Crippen LogP contribution in [0.1, 0.15) is 120 Å². The number of unbranched alkanes of at least 4 members (excludes halogenated alkanes) is 4. The highest BCUT2D eigenvalue weighted by Crippen LogP contribution is 2.35. The lowest BCUT2D eigenvalue weighted by Gasteiger charge is -2.19. The van der Waals surface area contributed by atoms with E-state index >= 15 is 0 Å². The third kappa shape index (κ3) is 13.2. The fourth-order valence-corrected chi connectivity index (χ4v) is 5.01. The monoisotopic (exact) mass is 604 g/mol. The molecule has 44 heavy (non-hydrogen) atoms. The third-order valence-corrected chi connectivity index (χ3v) is 7.76. The summed E-state index contributed by atoms with van der Waals surface area (Å²) in [7, 11) is 0. The van der Waals surface area contributed by atoms with Gasteiger partial charge in [-0.1, -0.05) is 80.1 Å². The Labute approximate surface area is 268 Å². The molecule has 0 spiro atoms. The number of anilines is 1. The molecule has 0 atom stereocenters. The van der Waals surface area contributed by atoms with Crippen molar-refractivity contribution >= 4 is 16.6 Å². The summed E-state index contributed by atoms with van der Waals surface area (Å²) < 4.78 is 14.5. The molecule has 244 valence electrons. The van der Waals surface area contributed by atoms with E-state index in [1.54, 1.807) is 0 Å². The minimum absolute atomic E-state index is 0.104. The van der Waals surface area contributed by atoms with E-state index in [-0.39, 0.29) is 5.56 Å². The van der Waals surface area contributed by atoms with Gasteiger partial charge >= 0.3 is 0 Å². The summed E-state index contributed by atoms with van der Waals surface area (Å²) in [4.78, 5) is 14.0. The van der Waals surface area contributed by atoms with Gasteiger partial charge in [0.1, 0.15) is 6.61 Å². The van der Waals surface area contributed by atoms with E-state index in [1.807, 2.05) is 4.57 Å². The van der Waals surface area contributed by atoms with Crippen LogP contribution in [0.4, 0.5) is 5.69 Å². The molecule has 0 aliphatic carbocycles. The van der Waals surface area contributed by atoms with Gasteiger partial charge in [0, 0.05) is 24.2 Å². The molecule has 0 saturated heterocycles. The Morgan fingerprint density at radius 2 is 1.43 bits per heavy atom. The molecule has 0 radical (unpaired) electrons. The molecule has 5 heteroatoms. The molecule has 0 bridgehead atoms. The van der Waals surface area contributed by atoms with Crippen LogP contribution in [-0.4, -0.2) is 24.3 Å². The van der Waals surface area contributed by atoms with E-state index in [2.05, 4.69) is 103 Å². The second-order valence-corrected chi connectivity index (χ2v) is 12.5. The molecule has 0 aliphatic heterocycles. The lowest BCUT2D eigenvalue weighted by Crippen LogP contribution is -2.24. The summed E-state index contributed by atoms with van der Waals surface area (Å²) in [6.45, 7) is 19.5. The minimum atomic E-state index is -0.104. The van der Waals surface area contributed by atoms with Crippen molar-refractivity contribution in [1.29, 1.82) is 0 Å². The van der Waals surface area contributed by atoms with E-state index in [9.17, 15) is 4.79 Å². The maximum atomic E-state index is 14.0. The molecule has 1 heterocycles. The first kappa shape index (κ1) is 37.0. The predicted octanol–water partition coefficient (Wildman–Crippen LogP) is 10.9. The lowest BCUT2D eigenvalue weighted by atomic mass is 10.1. The highest BCUT2D eigenvalue weighted by atomic mass is 16.5. The minimum Gasteiger partial charge on any atom is -0.485 e. The first-order chi connectivity index (χ1) is 21.2. The number of rotatable bonds is 21. The van der Waals surface area contributed by atoms with Crippen molar-refractivity contribution in [3.63, 3.8) is 0 Å². The Kier molecular flexibility index (Phi) is 17.4. The molecule has 0 fully saturated rings. The Bertz CT molecular complexity index is 1340. The summed E-state index contributed by atoms with van der Waals surface area (Å²) >= 11 is 0. The molecule has 0 unspecified atom stereocenters. The third-order valence-electron chi connectivity index (χ3n) is 7.76. The molecule has 1 N–H and O–H groups in total. The largest absolute Gasteiger partial charge is 0.485 e. The van der Waals surface area contributed by atoms with Crippen LogP contribution in [0.5, 0.6) is 11.5 Å². The van der Waals surface area contributed by atoms with Gasteiger partial charge in [0.2, 0.25) is 5.75 Å². The fraction of sp³-hybridized carbons (Fsp3) is 0.564. The number of nitrogens with zero attached hydrogens (tertiary/aromatic N) is 1. The number of pyridine rings is 1. The van der Waals surface area contributed by atoms with Crippen LogP contribution in [0.3, 0.4) is 0 Å². The number of hydrogen-bond acceptors (Lipinski definition) is 4. The summed E-state index contributed by atoms with van der Waals surface area (Å²) in [6.07, 6.45) is 19.3. The fourth-order valence-electron chi connectivity index (χ4n) is 5.01. The van der Waals surface area contributed by atoms with Gasteiger partial charge in [0.25, 0.3) is 5.56 Å². The smallest absolute Gasteiger partial charge is 0.297 e.